The van der Waals surface area contributed by atoms with Gasteiger partial charge in [0.1, 0.15) is 0 Å². The van der Waals surface area contributed by atoms with E-state index in [9.17, 15) is 9.59 Å². The molecule has 1 aromatic rings. The summed E-state index contributed by atoms with van der Waals surface area (Å²) in [5.41, 5.74) is 0.688. The molecule has 3 heterocycles. The average Bonchev–Trinajstić information content (AvgIpc) is 3.17. The number of ether oxygens (including phenoxy) is 3. The molecule has 0 aliphatic carbocycles. The van der Waals surface area contributed by atoms with Crippen molar-refractivity contribution in [1.29, 1.82) is 0 Å². The molecule has 0 radical (unpaired) electrons. The minimum atomic E-state index is -0.0769. The van der Waals surface area contributed by atoms with Crippen LogP contribution in [0.2, 0.25) is 0 Å². The minimum Gasteiger partial charge on any atom is -0.454 e. The van der Waals surface area contributed by atoms with Gasteiger partial charge in [0.2, 0.25) is 18.6 Å². The van der Waals surface area contributed by atoms with Crippen molar-refractivity contribution in [3.8, 4) is 11.5 Å². The summed E-state index contributed by atoms with van der Waals surface area (Å²) in [7, 11) is 0. The van der Waals surface area contributed by atoms with Crippen molar-refractivity contribution in [3.63, 3.8) is 0 Å². The fraction of sp³-hybridized carbons (Fsp3) is 0.579. The molecular weight excluding hydrogens is 364 g/mol. The SMILES string of the molecule is O=C(CN1CCN(C(=O)CN2CCOCC2)CC1)Nc1ccc2c(c1)OCO2. The lowest BCUT2D eigenvalue weighted by molar-refractivity contribution is -0.135. The Morgan fingerprint density at radius 1 is 0.893 bits per heavy atom. The van der Waals surface area contributed by atoms with Crippen LogP contribution in [0.5, 0.6) is 11.5 Å². The van der Waals surface area contributed by atoms with Gasteiger partial charge < -0.3 is 24.4 Å². The van der Waals surface area contributed by atoms with Crippen LogP contribution in [-0.4, -0.2) is 98.9 Å². The first-order valence-electron chi connectivity index (χ1n) is 9.67. The highest BCUT2D eigenvalue weighted by Crippen LogP contribution is 2.34. The summed E-state index contributed by atoms with van der Waals surface area (Å²) < 4.78 is 15.9. The average molecular weight is 390 g/mol. The zero-order chi connectivity index (χ0) is 19.3. The van der Waals surface area contributed by atoms with E-state index in [0.29, 0.717) is 69.7 Å². The Hall–Kier alpha value is -2.36. The molecule has 0 aromatic heterocycles. The maximum absolute atomic E-state index is 12.5. The van der Waals surface area contributed by atoms with Crippen LogP contribution in [0.25, 0.3) is 0 Å². The van der Waals surface area contributed by atoms with Crippen molar-refractivity contribution in [1.82, 2.24) is 14.7 Å². The molecule has 3 aliphatic heterocycles. The lowest BCUT2D eigenvalue weighted by Gasteiger charge is -2.36. The van der Waals surface area contributed by atoms with E-state index in [2.05, 4.69) is 15.1 Å². The number of morpholine rings is 1. The van der Waals surface area contributed by atoms with Gasteiger partial charge in [0, 0.05) is 51.0 Å². The third-order valence-corrected chi connectivity index (χ3v) is 5.21. The first-order chi connectivity index (χ1) is 13.7. The fourth-order valence-electron chi connectivity index (χ4n) is 3.58. The molecule has 1 aromatic carbocycles. The summed E-state index contributed by atoms with van der Waals surface area (Å²) in [5, 5.41) is 2.89. The van der Waals surface area contributed by atoms with Crippen molar-refractivity contribution < 1.29 is 23.8 Å². The number of rotatable bonds is 5. The van der Waals surface area contributed by atoms with Gasteiger partial charge in [0.15, 0.2) is 11.5 Å². The summed E-state index contributed by atoms with van der Waals surface area (Å²) in [6, 6.07) is 5.35. The van der Waals surface area contributed by atoms with Gasteiger partial charge in [-0.15, -0.1) is 0 Å². The highest BCUT2D eigenvalue weighted by molar-refractivity contribution is 5.92. The monoisotopic (exact) mass is 390 g/mol. The number of benzene rings is 1. The van der Waals surface area contributed by atoms with Crippen molar-refractivity contribution >= 4 is 17.5 Å². The van der Waals surface area contributed by atoms with Gasteiger partial charge >= 0.3 is 0 Å². The molecule has 9 heteroatoms. The first kappa shape index (κ1) is 19.0. The summed E-state index contributed by atoms with van der Waals surface area (Å²) in [5.74, 6) is 1.42. The largest absolute Gasteiger partial charge is 0.454 e. The molecule has 2 fully saturated rings. The Labute approximate surface area is 164 Å². The van der Waals surface area contributed by atoms with E-state index in [1.807, 2.05) is 4.90 Å². The summed E-state index contributed by atoms with van der Waals surface area (Å²) >= 11 is 0. The molecular formula is C19H26N4O5. The minimum absolute atomic E-state index is 0.0769. The lowest BCUT2D eigenvalue weighted by atomic mass is 10.2. The van der Waals surface area contributed by atoms with E-state index in [-0.39, 0.29) is 18.6 Å². The van der Waals surface area contributed by atoms with Crippen molar-refractivity contribution in [2.75, 3.05) is 77.7 Å². The molecule has 9 nitrogen and oxygen atoms in total. The zero-order valence-corrected chi connectivity index (χ0v) is 15.9. The topological polar surface area (TPSA) is 83.6 Å². The Bertz CT molecular complexity index is 714. The third-order valence-electron chi connectivity index (χ3n) is 5.21. The molecule has 0 bridgehead atoms. The van der Waals surface area contributed by atoms with Gasteiger partial charge in [-0.05, 0) is 12.1 Å². The Morgan fingerprint density at radius 2 is 1.61 bits per heavy atom. The van der Waals surface area contributed by atoms with E-state index in [1.165, 1.54) is 0 Å². The number of nitrogens with zero attached hydrogens (tertiary/aromatic N) is 3. The molecule has 2 saturated heterocycles. The molecule has 3 aliphatic rings. The van der Waals surface area contributed by atoms with E-state index in [1.54, 1.807) is 18.2 Å². The predicted molar refractivity (Wildman–Crippen MR) is 101 cm³/mol. The second-order valence-corrected chi connectivity index (χ2v) is 7.16. The van der Waals surface area contributed by atoms with Gasteiger partial charge in [-0.25, -0.2) is 0 Å². The third kappa shape index (κ3) is 4.73. The maximum Gasteiger partial charge on any atom is 0.238 e. The predicted octanol–water partition coefficient (Wildman–Crippen LogP) is -0.170. The van der Waals surface area contributed by atoms with Crippen molar-refractivity contribution in [2.24, 2.45) is 0 Å². The summed E-state index contributed by atoms with van der Waals surface area (Å²) in [6.07, 6.45) is 0. The molecule has 0 unspecified atom stereocenters. The maximum atomic E-state index is 12.5. The van der Waals surface area contributed by atoms with Gasteiger partial charge in [-0.1, -0.05) is 0 Å². The molecule has 152 valence electrons. The summed E-state index contributed by atoms with van der Waals surface area (Å²) in [6.45, 7) is 6.68. The Balaban J connectivity index is 1.19. The number of hydrogen-bond donors (Lipinski definition) is 1. The molecule has 0 saturated carbocycles. The van der Waals surface area contributed by atoms with Crippen molar-refractivity contribution in [3.05, 3.63) is 18.2 Å². The van der Waals surface area contributed by atoms with Crippen molar-refractivity contribution in [2.45, 2.75) is 0 Å². The molecule has 1 N–H and O–H groups in total. The van der Waals surface area contributed by atoms with Crippen LogP contribution in [0.15, 0.2) is 18.2 Å². The van der Waals surface area contributed by atoms with Crippen LogP contribution in [0.1, 0.15) is 0 Å². The van der Waals surface area contributed by atoms with Crippen LogP contribution in [0.4, 0.5) is 5.69 Å². The molecule has 0 spiro atoms. The number of carbonyl (C=O) groups is 2. The number of amides is 2. The van der Waals surface area contributed by atoms with Crippen LogP contribution in [0.3, 0.4) is 0 Å². The van der Waals surface area contributed by atoms with E-state index >= 15 is 0 Å². The van der Waals surface area contributed by atoms with E-state index in [4.69, 9.17) is 14.2 Å². The van der Waals surface area contributed by atoms with Crippen LogP contribution in [0, 0.1) is 0 Å². The number of fused-ring (bicyclic) bond motifs is 1. The number of anilines is 1. The van der Waals surface area contributed by atoms with Gasteiger partial charge in [0.05, 0.1) is 26.3 Å². The molecule has 0 atom stereocenters. The fourth-order valence-corrected chi connectivity index (χ4v) is 3.58. The van der Waals surface area contributed by atoms with Gasteiger partial charge in [0.25, 0.3) is 0 Å². The normalized spacial score (nSPS) is 20.2. The van der Waals surface area contributed by atoms with Crippen LogP contribution < -0.4 is 14.8 Å². The van der Waals surface area contributed by atoms with E-state index in [0.717, 1.165) is 13.1 Å². The second-order valence-electron chi connectivity index (χ2n) is 7.16. The Morgan fingerprint density at radius 3 is 2.39 bits per heavy atom. The second kappa shape index (κ2) is 8.76. The number of piperazine rings is 1. The zero-order valence-electron chi connectivity index (χ0n) is 15.9. The number of carbonyl (C=O) groups excluding carboxylic acids is 2. The number of nitrogens with one attached hydrogen (secondary N) is 1. The molecule has 28 heavy (non-hydrogen) atoms. The van der Waals surface area contributed by atoms with Gasteiger partial charge in [-0.3, -0.25) is 19.4 Å². The van der Waals surface area contributed by atoms with Crippen LogP contribution in [-0.2, 0) is 14.3 Å². The highest BCUT2D eigenvalue weighted by Gasteiger charge is 2.24. The van der Waals surface area contributed by atoms with Gasteiger partial charge in [-0.2, -0.15) is 0 Å². The van der Waals surface area contributed by atoms with E-state index < -0.39 is 0 Å². The smallest absolute Gasteiger partial charge is 0.238 e. The molecule has 4 rings (SSSR count). The first-order valence-corrected chi connectivity index (χ1v) is 9.67. The standard InChI is InChI=1S/C19H26N4O5/c24-18(20-15-1-2-16-17(11-15)28-14-27-16)12-21-3-5-23(6-4-21)19(25)13-22-7-9-26-10-8-22/h1-2,11H,3-10,12-14H2,(H,20,24). The highest BCUT2D eigenvalue weighted by atomic mass is 16.7. The van der Waals surface area contributed by atoms with Crippen LogP contribution >= 0.6 is 0 Å². The Kier molecular flexibility index (Phi) is 5.94. The quantitative estimate of drug-likeness (QED) is 0.747. The summed E-state index contributed by atoms with van der Waals surface area (Å²) in [4.78, 5) is 30.9. The lowest BCUT2D eigenvalue weighted by Crippen LogP contribution is -2.53. The number of hydrogen-bond acceptors (Lipinski definition) is 7. The molecule has 2 amide bonds.